The highest BCUT2D eigenvalue weighted by Crippen LogP contribution is 2.23. The number of thioether (sulfide) groups is 1. The Morgan fingerprint density at radius 1 is 1.09 bits per heavy atom. The van der Waals surface area contributed by atoms with Crippen molar-refractivity contribution >= 4 is 17.7 Å². The molecule has 1 amide bonds. The molecular weight excluding hydrogens is 462 g/mol. The second-order valence-electron chi connectivity index (χ2n) is 8.04. The largest absolute Gasteiger partial charge is 0.383 e. The summed E-state index contributed by atoms with van der Waals surface area (Å²) in [7, 11) is 1.66. The predicted molar refractivity (Wildman–Crippen MR) is 135 cm³/mol. The van der Waals surface area contributed by atoms with Gasteiger partial charge in [0, 0.05) is 42.9 Å². The minimum Gasteiger partial charge on any atom is -0.383 e. The smallest absolute Gasteiger partial charge is 0.230 e. The zero-order chi connectivity index (χ0) is 24.6. The lowest BCUT2D eigenvalue weighted by molar-refractivity contribution is -0.118. The SMILES string of the molecule is COCCn1c(SCC(=O)NCc2c(C)nn(Cc3ccccc3)c2C)nnc1-c1ccncc1. The third kappa shape index (κ3) is 6.14. The third-order valence-electron chi connectivity index (χ3n) is 5.68. The molecule has 0 saturated heterocycles. The minimum atomic E-state index is -0.0728. The van der Waals surface area contributed by atoms with Crippen LogP contribution in [0.4, 0.5) is 0 Å². The predicted octanol–water partition coefficient (Wildman–Crippen LogP) is 3.26. The van der Waals surface area contributed by atoms with Crippen LogP contribution in [0, 0.1) is 13.8 Å². The molecule has 3 aromatic heterocycles. The highest BCUT2D eigenvalue weighted by Gasteiger charge is 2.17. The molecule has 0 atom stereocenters. The summed E-state index contributed by atoms with van der Waals surface area (Å²) in [5, 5.41) is 17.0. The number of aryl methyl sites for hydroxylation is 1. The molecular formula is C25H29N7O2S. The van der Waals surface area contributed by atoms with Crippen molar-refractivity contribution in [1.29, 1.82) is 0 Å². The van der Waals surface area contributed by atoms with Crippen molar-refractivity contribution in [3.63, 3.8) is 0 Å². The van der Waals surface area contributed by atoms with Gasteiger partial charge in [0.25, 0.3) is 0 Å². The molecule has 0 aliphatic rings. The van der Waals surface area contributed by atoms with Gasteiger partial charge in [0.2, 0.25) is 5.91 Å². The van der Waals surface area contributed by atoms with Crippen molar-refractivity contribution in [2.75, 3.05) is 19.5 Å². The molecule has 4 aromatic rings. The number of nitrogens with one attached hydrogen (secondary N) is 1. The fourth-order valence-corrected chi connectivity index (χ4v) is 4.56. The highest BCUT2D eigenvalue weighted by molar-refractivity contribution is 7.99. The van der Waals surface area contributed by atoms with Crippen LogP contribution in [0.3, 0.4) is 0 Å². The maximum absolute atomic E-state index is 12.7. The zero-order valence-electron chi connectivity index (χ0n) is 20.1. The number of carbonyl (C=O) groups excluding carboxylic acids is 1. The second kappa shape index (κ2) is 11.8. The first kappa shape index (κ1) is 24.6. The van der Waals surface area contributed by atoms with Gasteiger partial charge in [-0.05, 0) is 31.5 Å². The molecule has 0 radical (unpaired) electrons. The fourth-order valence-electron chi connectivity index (χ4n) is 3.76. The summed E-state index contributed by atoms with van der Waals surface area (Å²) in [5.41, 5.74) is 5.13. The van der Waals surface area contributed by atoms with E-state index in [9.17, 15) is 4.79 Å². The first-order valence-corrected chi connectivity index (χ1v) is 12.3. The molecule has 1 N–H and O–H groups in total. The molecule has 1 aromatic carbocycles. The Labute approximate surface area is 208 Å². The van der Waals surface area contributed by atoms with Crippen molar-refractivity contribution in [3.05, 3.63) is 77.4 Å². The van der Waals surface area contributed by atoms with E-state index >= 15 is 0 Å². The number of rotatable bonds is 11. The molecule has 0 spiro atoms. The van der Waals surface area contributed by atoms with Crippen LogP contribution in [0.5, 0.6) is 0 Å². The van der Waals surface area contributed by atoms with Gasteiger partial charge in [-0.2, -0.15) is 5.10 Å². The maximum Gasteiger partial charge on any atom is 0.230 e. The van der Waals surface area contributed by atoms with Crippen LogP contribution in [-0.2, 0) is 29.2 Å². The Hall–Kier alpha value is -3.50. The van der Waals surface area contributed by atoms with Crippen LogP contribution in [0.2, 0.25) is 0 Å². The zero-order valence-corrected chi connectivity index (χ0v) is 21.0. The molecule has 0 unspecified atom stereocenters. The van der Waals surface area contributed by atoms with Crippen LogP contribution in [0.1, 0.15) is 22.5 Å². The van der Waals surface area contributed by atoms with Crippen LogP contribution in [-0.4, -0.2) is 54.9 Å². The summed E-state index contributed by atoms with van der Waals surface area (Å²) < 4.78 is 9.21. The molecule has 35 heavy (non-hydrogen) atoms. The molecule has 3 heterocycles. The van der Waals surface area contributed by atoms with Crippen molar-refractivity contribution in [2.24, 2.45) is 0 Å². The van der Waals surface area contributed by atoms with Crippen molar-refractivity contribution in [2.45, 2.75) is 38.6 Å². The van der Waals surface area contributed by atoms with Gasteiger partial charge >= 0.3 is 0 Å². The Bertz CT molecular complexity index is 1260. The van der Waals surface area contributed by atoms with Gasteiger partial charge in [-0.15, -0.1) is 10.2 Å². The van der Waals surface area contributed by atoms with Gasteiger partial charge in [0.05, 0.1) is 31.1 Å². The lowest BCUT2D eigenvalue weighted by Crippen LogP contribution is -2.25. The van der Waals surface area contributed by atoms with E-state index in [-0.39, 0.29) is 11.7 Å². The van der Waals surface area contributed by atoms with E-state index in [4.69, 9.17) is 4.74 Å². The van der Waals surface area contributed by atoms with Gasteiger partial charge in [-0.1, -0.05) is 42.1 Å². The number of carbonyl (C=O) groups is 1. The summed E-state index contributed by atoms with van der Waals surface area (Å²) in [6, 6.07) is 14.0. The maximum atomic E-state index is 12.7. The first-order chi connectivity index (χ1) is 17.1. The average molecular weight is 492 g/mol. The minimum absolute atomic E-state index is 0.0728. The van der Waals surface area contributed by atoms with Gasteiger partial charge in [-0.25, -0.2) is 0 Å². The molecule has 10 heteroatoms. The Morgan fingerprint density at radius 3 is 2.60 bits per heavy atom. The molecule has 4 rings (SSSR count). The normalized spacial score (nSPS) is 11.1. The number of nitrogens with zero attached hydrogens (tertiary/aromatic N) is 6. The molecule has 0 aliphatic heterocycles. The third-order valence-corrected chi connectivity index (χ3v) is 6.64. The number of aromatic nitrogens is 6. The van der Waals surface area contributed by atoms with Gasteiger partial charge in [0.1, 0.15) is 0 Å². The molecule has 0 aliphatic carbocycles. The number of hydrogen-bond acceptors (Lipinski definition) is 7. The summed E-state index contributed by atoms with van der Waals surface area (Å²) >= 11 is 1.36. The lowest BCUT2D eigenvalue weighted by Gasteiger charge is -2.10. The molecule has 0 bridgehead atoms. The molecule has 0 fully saturated rings. The Balaban J connectivity index is 1.37. The summed E-state index contributed by atoms with van der Waals surface area (Å²) in [4.78, 5) is 16.7. The topological polar surface area (TPSA) is 99.8 Å². The monoisotopic (exact) mass is 491 g/mol. The number of amides is 1. The van der Waals surface area contributed by atoms with E-state index in [1.165, 1.54) is 17.3 Å². The van der Waals surface area contributed by atoms with Crippen LogP contribution >= 0.6 is 11.8 Å². The molecule has 9 nitrogen and oxygen atoms in total. The van der Waals surface area contributed by atoms with Crippen molar-refractivity contribution in [1.82, 2.24) is 34.8 Å². The number of hydrogen-bond donors (Lipinski definition) is 1. The van der Waals surface area contributed by atoms with E-state index in [2.05, 4.69) is 37.7 Å². The van der Waals surface area contributed by atoms with E-state index < -0.39 is 0 Å². The van der Waals surface area contributed by atoms with Crippen LogP contribution in [0.15, 0.2) is 60.0 Å². The summed E-state index contributed by atoms with van der Waals surface area (Å²) in [6.07, 6.45) is 3.44. The fraction of sp³-hybridized carbons (Fsp3) is 0.320. The summed E-state index contributed by atoms with van der Waals surface area (Å²) in [6.45, 7) is 6.26. The first-order valence-electron chi connectivity index (χ1n) is 11.4. The van der Waals surface area contributed by atoms with Crippen molar-refractivity contribution < 1.29 is 9.53 Å². The second-order valence-corrected chi connectivity index (χ2v) is 8.99. The van der Waals surface area contributed by atoms with Crippen LogP contribution in [0.25, 0.3) is 11.4 Å². The quantitative estimate of drug-likeness (QED) is 0.322. The van der Waals surface area contributed by atoms with E-state index in [1.807, 2.05) is 53.4 Å². The van der Waals surface area contributed by atoms with Gasteiger partial charge < -0.3 is 10.1 Å². The van der Waals surface area contributed by atoms with Crippen molar-refractivity contribution in [3.8, 4) is 11.4 Å². The standard InChI is InChI=1S/C25H29N7O2S/c1-18-22(19(2)32(30-18)16-20-7-5-4-6-8-20)15-27-23(33)17-35-25-29-28-24(31(25)13-14-34-3)21-9-11-26-12-10-21/h4-12H,13-17H2,1-3H3,(H,27,33). The van der Waals surface area contributed by atoms with Crippen LogP contribution < -0.4 is 5.32 Å². The lowest BCUT2D eigenvalue weighted by atomic mass is 10.2. The Kier molecular flexibility index (Phi) is 8.27. The molecule has 0 saturated carbocycles. The number of pyridine rings is 1. The average Bonchev–Trinajstić information content (AvgIpc) is 3.40. The van der Waals surface area contributed by atoms with E-state index in [0.717, 1.165) is 28.3 Å². The van der Waals surface area contributed by atoms with E-state index in [0.29, 0.717) is 31.4 Å². The summed E-state index contributed by atoms with van der Waals surface area (Å²) in [5.74, 6) is 0.887. The van der Waals surface area contributed by atoms with Gasteiger partial charge in [0.15, 0.2) is 11.0 Å². The molecule has 182 valence electrons. The number of methoxy groups -OCH3 is 1. The number of benzene rings is 1. The number of ether oxygens (including phenoxy) is 1. The highest BCUT2D eigenvalue weighted by atomic mass is 32.2. The van der Waals surface area contributed by atoms with Gasteiger partial charge in [-0.3, -0.25) is 19.0 Å². The Morgan fingerprint density at radius 2 is 1.86 bits per heavy atom. The van der Waals surface area contributed by atoms with E-state index in [1.54, 1.807) is 19.5 Å².